The zero-order chi connectivity index (χ0) is 18.4. The molecule has 0 radical (unpaired) electrons. The number of benzene rings is 2. The minimum atomic E-state index is -0.387. The van der Waals surface area contributed by atoms with Crippen molar-refractivity contribution in [2.24, 2.45) is 5.92 Å². The number of non-ortho nitro benzene ring substituents is 1. The number of methoxy groups -OCH3 is 1. The van der Waals surface area contributed by atoms with Crippen LogP contribution in [-0.2, 0) is 0 Å². The number of fused-ring (bicyclic) bond motifs is 3. The lowest BCUT2D eigenvalue weighted by Gasteiger charge is -2.38. The first kappa shape index (κ1) is 17.2. The van der Waals surface area contributed by atoms with Crippen molar-refractivity contribution < 1.29 is 9.66 Å². The molecule has 134 valence electrons. The lowest BCUT2D eigenvalue weighted by atomic mass is 9.76. The number of nitrogens with zero attached hydrogens (tertiary/aromatic N) is 1. The van der Waals surface area contributed by atoms with Crippen molar-refractivity contribution in [3.63, 3.8) is 0 Å². The highest BCUT2D eigenvalue weighted by atomic mass is 35.5. The van der Waals surface area contributed by atoms with Crippen LogP contribution in [-0.4, -0.2) is 12.0 Å². The van der Waals surface area contributed by atoms with Gasteiger partial charge in [0.15, 0.2) is 0 Å². The number of ether oxygens (including phenoxy) is 1. The van der Waals surface area contributed by atoms with E-state index in [0.717, 1.165) is 23.2 Å². The van der Waals surface area contributed by atoms with Crippen molar-refractivity contribution in [3.8, 4) is 5.75 Å². The molecule has 1 heterocycles. The highest BCUT2D eigenvalue weighted by Gasteiger charge is 2.40. The molecule has 1 aliphatic carbocycles. The largest absolute Gasteiger partial charge is 0.494 e. The van der Waals surface area contributed by atoms with Crippen LogP contribution in [0.1, 0.15) is 29.5 Å². The number of hydrogen-bond donors (Lipinski definition) is 1. The van der Waals surface area contributed by atoms with Crippen LogP contribution in [0.2, 0.25) is 10.0 Å². The van der Waals surface area contributed by atoms with Crippen LogP contribution in [0.25, 0.3) is 0 Å². The van der Waals surface area contributed by atoms with E-state index < -0.39 is 0 Å². The molecule has 0 unspecified atom stereocenters. The van der Waals surface area contributed by atoms with Crippen molar-refractivity contribution in [2.75, 3.05) is 12.4 Å². The molecule has 0 saturated heterocycles. The molecule has 0 amide bonds. The summed E-state index contributed by atoms with van der Waals surface area (Å²) in [6.45, 7) is 0. The second-order valence-corrected chi connectivity index (χ2v) is 7.33. The van der Waals surface area contributed by atoms with E-state index in [2.05, 4.69) is 17.5 Å². The first-order valence-electron chi connectivity index (χ1n) is 8.24. The molecule has 3 atom stereocenters. The van der Waals surface area contributed by atoms with Gasteiger partial charge >= 0.3 is 0 Å². The van der Waals surface area contributed by atoms with Gasteiger partial charge in [0.1, 0.15) is 5.75 Å². The average Bonchev–Trinajstić information content (AvgIpc) is 3.12. The van der Waals surface area contributed by atoms with Gasteiger partial charge in [0.05, 0.1) is 39.9 Å². The van der Waals surface area contributed by atoms with Gasteiger partial charge in [-0.05, 0) is 35.6 Å². The molecule has 1 aliphatic heterocycles. The number of anilines is 1. The summed E-state index contributed by atoms with van der Waals surface area (Å²) in [4.78, 5) is 10.9. The Labute approximate surface area is 160 Å². The molecule has 0 saturated carbocycles. The van der Waals surface area contributed by atoms with E-state index in [1.165, 1.54) is 13.2 Å². The number of rotatable bonds is 3. The van der Waals surface area contributed by atoms with E-state index in [4.69, 9.17) is 27.9 Å². The fraction of sp³-hybridized carbons (Fsp3) is 0.263. The third-order valence-electron chi connectivity index (χ3n) is 5.15. The summed E-state index contributed by atoms with van der Waals surface area (Å²) in [5.74, 6) is 0.795. The van der Waals surface area contributed by atoms with Crippen LogP contribution < -0.4 is 10.1 Å². The maximum absolute atomic E-state index is 11.3. The Morgan fingerprint density at radius 1 is 1.23 bits per heavy atom. The van der Waals surface area contributed by atoms with Gasteiger partial charge < -0.3 is 10.1 Å². The van der Waals surface area contributed by atoms with Gasteiger partial charge in [-0.1, -0.05) is 41.4 Å². The molecule has 1 N–H and O–H groups in total. The van der Waals surface area contributed by atoms with E-state index in [-0.39, 0.29) is 28.5 Å². The highest BCUT2D eigenvalue weighted by Crippen LogP contribution is 2.53. The summed E-state index contributed by atoms with van der Waals surface area (Å²) in [5, 5.41) is 15.8. The Bertz CT molecular complexity index is 929. The van der Waals surface area contributed by atoms with Crippen molar-refractivity contribution in [2.45, 2.75) is 18.4 Å². The SMILES string of the molecule is COc1cc([N+](=O)[O-])cc2c1N[C@H](c1ccc(Cl)c(Cl)c1)[C@@H]1CC=C[C@@H]21. The molecule has 0 bridgehead atoms. The van der Waals surface area contributed by atoms with Crippen LogP contribution in [0.15, 0.2) is 42.5 Å². The maximum Gasteiger partial charge on any atom is 0.273 e. The summed E-state index contributed by atoms with van der Waals surface area (Å²) in [5.41, 5.74) is 2.76. The van der Waals surface area contributed by atoms with E-state index in [0.29, 0.717) is 15.8 Å². The summed E-state index contributed by atoms with van der Waals surface area (Å²) in [6.07, 6.45) is 5.13. The lowest BCUT2D eigenvalue weighted by molar-refractivity contribution is -0.385. The second kappa shape index (κ2) is 6.49. The molecule has 2 aliphatic rings. The zero-order valence-electron chi connectivity index (χ0n) is 13.9. The highest BCUT2D eigenvalue weighted by molar-refractivity contribution is 6.42. The molecular formula is C19H16Cl2N2O3. The van der Waals surface area contributed by atoms with Crippen molar-refractivity contribution >= 4 is 34.6 Å². The van der Waals surface area contributed by atoms with E-state index in [9.17, 15) is 10.1 Å². The third-order valence-corrected chi connectivity index (χ3v) is 5.89. The second-order valence-electron chi connectivity index (χ2n) is 6.52. The fourth-order valence-electron chi connectivity index (χ4n) is 3.95. The summed E-state index contributed by atoms with van der Waals surface area (Å²) >= 11 is 12.3. The zero-order valence-corrected chi connectivity index (χ0v) is 15.4. The molecule has 26 heavy (non-hydrogen) atoms. The Morgan fingerprint density at radius 3 is 2.73 bits per heavy atom. The molecule has 0 spiro atoms. The van der Waals surface area contributed by atoms with Crippen molar-refractivity contribution in [1.82, 2.24) is 0 Å². The van der Waals surface area contributed by atoms with Crippen molar-refractivity contribution in [3.05, 3.63) is 73.8 Å². The average molecular weight is 391 g/mol. The Balaban J connectivity index is 1.84. The first-order chi connectivity index (χ1) is 12.5. The Hall–Kier alpha value is -2.24. The van der Waals surface area contributed by atoms with Crippen LogP contribution in [0.5, 0.6) is 5.75 Å². The van der Waals surface area contributed by atoms with Crippen LogP contribution in [0.4, 0.5) is 11.4 Å². The topological polar surface area (TPSA) is 64.4 Å². The lowest BCUT2D eigenvalue weighted by Crippen LogP contribution is -2.29. The smallest absolute Gasteiger partial charge is 0.273 e. The van der Waals surface area contributed by atoms with Gasteiger partial charge in [0.2, 0.25) is 0 Å². The normalized spacial score (nSPS) is 23.1. The van der Waals surface area contributed by atoms with E-state index >= 15 is 0 Å². The fourth-order valence-corrected chi connectivity index (χ4v) is 4.26. The van der Waals surface area contributed by atoms with Gasteiger partial charge in [0, 0.05) is 12.0 Å². The third kappa shape index (κ3) is 2.72. The Kier molecular flexibility index (Phi) is 4.29. The van der Waals surface area contributed by atoms with Gasteiger partial charge in [0.25, 0.3) is 5.69 Å². The predicted molar refractivity (Wildman–Crippen MR) is 102 cm³/mol. The number of halogens is 2. The number of nitrogens with one attached hydrogen (secondary N) is 1. The van der Waals surface area contributed by atoms with Crippen molar-refractivity contribution in [1.29, 1.82) is 0 Å². The molecule has 4 rings (SSSR count). The number of nitro groups is 1. The van der Waals surface area contributed by atoms with E-state index in [1.54, 1.807) is 12.1 Å². The van der Waals surface area contributed by atoms with E-state index in [1.807, 2.05) is 12.1 Å². The summed E-state index contributed by atoms with van der Waals surface area (Å²) < 4.78 is 5.44. The maximum atomic E-state index is 11.3. The molecule has 2 aromatic carbocycles. The number of allylic oxidation sites excluding steroid dienone is 2. The molecule has 0 fully saturated rings. The summed E-state index contributed by atoms with van der Waals surface area (Å²) in [6, 6.07) is 8.73. The molecule has 5 nitrogen and oxygen atoms in total. The van der Waals surface area contributed by atoms with Crippen LogP contribution in [0.3, 0.4) is 0 Å². The molecule has 7 heteroatoms. The molecule has 0 aromatic heterocycles. The molecule has 2 aromatic rings. The van der Waals surface area contributed by atoms with Gasteiger partial charge in [-0.15, -0.1) is 0 Å². The van der Waals surface area contributed by atoms with Gasteiger partial charge in [-0.25, -0.2) is 0 Å². The minimum Gasteiger partial charge on any atom is -0.494 e. The van der Waals surface area contributed by atoms with Gasteiger partial charge in [-0.2, -0.15) is 0 Å². The molecular weight excluding hydrogens is 375 g/mol. The minimum absolute atomic E-state index is 0.00706. The quantitative estimate of drug-likeness (QED) is 0.412. The summed E-state index contributed by atoms with van der Waals surface area (Å²) in [7, 11) is 1.52. The standard InChI is InChI=1S/C19H16Cl2N2O3/c1-26-17-9-11(23(24)25)8-14-12-3-2-4-13(12)18(22-19(14)17)10-5-6-15(20)16(21)7-10/h2-3,5-9,12-13,18,22H,4H2,1H3/t12-,13-,18-/m1/s1. The number of hydrogen-bond acceptors (Lipinski definition) is 4. The first-order valence-corrected chi connectivity index (χ1v) is 8.99. The van der Waals surface area contributed by atoms with Crippen LogP contribution >= 0.6 is 23.2 Å². The predicted octanol–water partition coefficient (Wildman–Crippen LogP) is 5.74. The number of nitro benzene ring substituents is 1. The van der Waals surface area contributed by atoms with Gasteiger partial charge in [-0.3, -0.25) is 10.1 Å². The van der Waals surface area contributed by atoms with Crippen LogP contribution in [0, 0.1) is 16.0 Å². The monoisotopic (exact) mass is 390 g/mol. The Morgan fingerprint density at radius 2 is 2.04 bits per heavy atom.